The molecule has 0 aliphatic carbocycles. The summed E-state index contributed by atoms with van der Waals surface area (Å²) in [5.41, 5.74) is 2.67. The van der Waals surface area contributed by atoms with Gasteiger partial charge in [-0.05, 0) is 43.0 Å². The van der Waals surface area contributed by atoms with Crippen molar-refractivity contribution in [2.45, 2.75) is 26.3 Å². The van der Waals surface area contributed by atoms with Crippen molar-refractivity contribution in [2.24, 2.45) is 0 Å². The predicted octanol–water partition coefficient (Wildman–Crippen LogP) is 4.62. The highest BCUT2D eigenvalue weighted by atomic mass is 32.1. The average molecular weight is 449 g/mol. The number of thiophene rings is 1. The first-order valence-corrected chi connectivity index (χ1v) is 11.3. The van der Waals surface area contributed by atoms with Gasteiger partial charge in [0.2, 0.25) is 0 Å². The number of benzene rings is 2. The van der Waals surface area contributed by atoms with Gasteiger partial charge in [-0.1, -0.05) is 42.5 Å². The molecule has 0 saturated heterocycles. The second-order valence-corrected chi connectivity index (χ2v) is 8.28. The first kappa shape index (κ1) is 21.8. The maximum absolute atomic E-state index is 13.3. The fourth-order valence-corrected chi connectivity index (χ4v) is 4.56. The molecule has 164 valence electrons. The number of nitrogens with zero attached hydrogens (tertiary/aromatic N) is 2. The minimum atomic E-state index is -0.439. The molecule has 32 heavy (non-hydrogen) atoms. The molecule has 0 unspecified atom stereocenters. The van der Waals surface area contributed by atoms with Crippen molar-refractivity contribution >= 4 is 27.5 Å². The lowest BCUT2D eigenvalue weighted by molar-refractivity contribution is -0.144. The topological polar surface area (TPSA) is 70.4 Å². The van der Waals surface area contributed by atoms with Crippen LogP contribution in [0.25, 0.3) is 21.3 Å². The molecule has 0 atom stereocenters. The summed E-state index contributed by atoms with van der Waals surface area (Å²) in [7, 11) is 1.61. The molecule has 0 spiro atoms. The first-order valence-electron chi connectivity index (χ1n) is 10.4. The third-order valence-corrected chi connectivity index (χ3v) is 6.16. The number of ether oxygens (including phenoxy) is 2. The van der Waals surface area contributed by atoms with Crippen LogP contribution >= 0.6 is 11.3 Å². The van der Waals surface area contributed by atoms with Crippen LogP contribution < -0.4 is 10.3 Å². The predicted molar refractivity (Wildman–Crippen MR) is 126 cm³/mol. The third-order valence-electron chi connectivity index (χ3n) is 5.29. The number of carbonyl (C=O) groups is 1. The SMILES string of the molecule is COc1ccc(-c2csc3nc(C)n(CC(=O)OCCCc4ccccc4)c(=O)c23)cc1. The Hall–Kier alpha value is -3.45. The van der Waals surface area contributed by atoms with Crippen molar-refractivity contribution < 1.29 is 14.3 Å². The van der Waals surface area contributed by atoms with E-state index in [0.717, 1.165) is 29.7 Å². The summed E-state index contributed by atoms with van der Waals surface area (Å²) in [6.07, 6.45) is 1.56. The quantitative estimate of drug-likeness (QED) is 0.291. The van der Waals surface area contributed by atoms with Crippen LogP contribution in [-0.4, -0.2) is 29.2 Å². The van der Waals surface area contributed by atoms with Crippen LogP contribution in [0.5, 0.6) is 5.75 Å². The second kappa shape index (κ2) is 9.78. The number of hydrogen-bond donors (Lipinski definition) is 0. The summed E-state index contributed by atoms with van der Waals surface area (Å²) in [5, 5.41) is 2.44. The van der Waals surface area contributed by atoms with E-state index in [1.165, 1.54) is 21.5 Å². The summed E-state index contributed by atoms with van der Waals surface area (Å²) in [6, 6.07) is 17.6. The Balaban J connectivity index is 1.49. The van der Waals surface area contributed by atoms with Crippen molar-refractivity contribution in [1.82, 2.24) is 9.55 Å². The minimum absolute atomic E-state index is 0.156. The van der Waals surface area contributed by atoms with Crippen LogP contribution in [0.3, 0.4) is 0 Å². The Bertz CT molecular complexity index is 1280. The maximum atomic E-state index is 13.3. The Kier molecular flexibility index (Phi) is 6.66. The smallest absolute Gasteiger partial charge is 0.326 e. The van der Waals surface area contributed by atoms with Crippen molar-refractivity contribution in [3.63, 3.8) is 0 Å². The molecule has 0 aliphatic heterocycles. The van der Waals surface area contributed by atoms with Gasteiger partial charge in [0.25, 0.3) is 5.56 Å². The van der Waals surface area contributed by atoms with E-state index in [1.807, 2.05) is 60.0 Å². The molecule has 0 radical (unpaired) electrons. The van der Waals surface area contributed by atoms with Crippen LogP contribution in [0.2, 0.25) is 0 Å². The molecule has 7 heteroatoms. The van der Waals surface area contributed by atoms with Crippen molar-refractivity contribution in [3.8, 4) is 16.9 Å². The van der Waals surface area contributed by atoms with E-state index in [0.29, 0.717) is 22.6 Å². The van der Waals surface area contributed by atoms with E-state index < -0.39 is 5.97 Å². The molecule has 0 saturated carbocycles. The second-order valence-electron chi connectivity index (χ2n) is 7.42. The highest BCUT2D eigenvalue weighted by molar-refractivity contribution is 7.17. The van der Waals surface area contributed by atoms with Crippen molar-refractivity contribution in [3.05, 3.63) is 81.7 Å². The summed E-state index contributed by atoms with van der Waals surface area (Å²) < 4.78 is 12.0. The van der Waals surface area contributed by atoms with Crippen molar-refractivity contribution in [2.75, 3.05) is 13.7 Å². The van der Waals surface area contributed by atoms with Gasteiger partial charge in [0.1, 0.15) is 22.9 Å². The van der Waals surface area contributed by atoms with Crippen LogP contribution in [0, 0.1) is 6.92 Å². The number of hydrogen-bond acceptors (Lipinski definition) is 6. The standard InChI is InChI=1S/C25H24N2O4S/c1-17-26-24-23(21(16-32-24)19-10-12-20(30-2)13-11-19)25(29)27(17)15-22(28)31-14-6-9-18-7-4-3-5-8-18/h3-5,7-8,10-13,16H,6,9,14-15H2,1-2H3. The lowest BCUT2D eigenvalue weighted by atomic mass is 10.1. The van der Waals surface area contributed by atoms with E-state index in [4.69, 9.17) is 9.47 Å². The minimum Gasteiger partial charge on any atom is -0.497 e. The Morgan fingerprint density at radius 1 is 1.09 bits per heavy atom. The molecular weight excluding hydrogens is 424 g/mol. The number of fused-ring (bicyclic) bond motifs is 1. The number of esters is 1. The molecule has 0 aliphatic rings. The molecular formula is C25H24N2O4S. The number of rotatable bonds is 8. The normalized spacial score (nSPS) is 10.9. The summed E-state index contributed by atoms with van der Waals surface area (Å²) >= 11 is 1.42. The monoisotopic (exact) mass is 448 g/mol. The fourth-order valence-electron chi connectivity index (χ4n) is 3.58. The Labute approximate surface area is 190 Å². The van der Waals surface area contributed by atoms with Gasteiger partial charge in [0.05, 0.1) is 19.1 Å². The Morgan fingerprint density at radius 3 is 2.56 bits per heavy atom. The lowest BCUT2D eigenvalue weighted by Crippen LogP contribution is -2.28. The molecule has 4 aromatic rings. The zero-order valence-electron chi connectivity index (χ0n) is 18.0. The van der Waals surface area contributed by atoms with Crippen molar-refractivity contribution in [1.29, 1.82) is 0 Å². The number of aromatic nitrogens is 2. The number of carbonyl (C=O) groups excluding carboxylic acids is 1. The summed E-state index contributed by atoms with van der Waals surface area (Å²) in [4.78, 5) is 30.9. The zero-order valence-corrected chi connectivity index (χ0v) is 18.9. The van der Waals surface area contributed by atoms with Crippen LogP contribution in [0.1, 0.15) is 17.8 Å². The van der Waals surface area contributed by atoms with Gasteiger partial charge in [-0.2, -0.15) is 0 Å². The van der Waals surface area contributed by atoms with Gasteiger partial charge in [-0.25, -0.2) is 4.98 Å². The van der Waals surface area contributed by atoms with E-state index >= 15 is 0 Å². The van der Waals surface area contributed by atoms with Crippen LogP contribution in [0.4, 0.5) is 0 Å². The van der Waals surface area contributed by atoms with Gasteiger partial charge in [0, 0.05) is 10.9 Å². The largest absolute Gasteiger partial charge is 0.497 e. The molecule has 2 aromatic heterocycles. The van der Waals surface area contributed by atoms with E-state index in [-0.39, 0.29) is 12.1 Å². The highest BCUT2D eigenvalue weighted by Crippen LogP contribution is 2.32. The summed E-state index contributed by atoms with van der Waals surface area (Å²) in [6.45, 7) is 1.89. The molecule has 2 aromatic carbocycles. The molecule has 0 N–H and O–H groups in total. The van der Waals surface area contributed by atoms with E-state index in [2.05, 4.69) is 4.98 Å². The van der Waals surface area contributed by atoms with Gasteiger partial charge >= 0.3 is 5.97 Å². The number of methoxy groups -OCH3 is 1. The first-order chi connectivity index (χ1) is 15.6. The van der Waals surface area contributed by atoms with Gasteiger partial charge < -0.3 is 9.47 Å². The summed E-state index contributed by atoms with van der Waals surface area (Å²) in [5.74, 6) is 0.798. The molecule has 0 bridgehead atoms. The van der Waals surface area contributed by atoms with E-state index in [1.54, 1.807) is 14.0 Å². The number of aryl methyl sites for hydroxylation is 2. The fraction of sp³-hybridized carbons (Fsp3) is 0.240. The van der Waals surface area contributed by atoms with Crippen LogP contribution in [0.15, 0.2) is 64.8 Å². The van der Waals surface area contributed by atoms with Gasteiger partial charge in [-0.15, -0.1) is 11.3 Å². The van der Waals surface area contributed by atoms with Gasteiger partial charge in [-0.3, -0.25) is 14.2 Å². The molecule has 6 nitrogen and oxygen atoms in total. The molecule has 0 fully saturated rings. The molecule has 2 heterocycles. The van der Waals surface area contributed by atoms with E-state index in [9.17, 15) is 9.59 Å². The molecule has 4 rings (SSSR count). The lowest BCUT2D eigenvalue weighted by Gasteiger charge is -2.10. The van der Waals surface area contributed by atoms with Crippen LogP contribution in [-0.2, 0) is 22.5 Å². The average Bonchev–Trinajstić information content (AvgIpc) is 3.24. The highest BCUT2D eigenvalue weighted by Gasteiger charge is 2.17. The zero-order chi connectivity index (χ0) is 22.5. The third kappa shape index (κ3) is 4.73. The Morgan fingerprint density at radius 2 is 1.84 bits per heavy atom. The maximum Gasteiger partial charge on any atom is 0.326 e. The molecule has 0 amide bonds. The van der Waals surface area contributed by atoms with Gasteiger partial charge in [0.15, 0.2) is 0 Å².